The molecule has 0 saturated heterocycles. The van der Waals surface area contributed by atoms with Gasteiger partial charge in [-0.2, -0.15) is 4.31 Å². The predicted molar refractivity (Wildman–Crippen MR) is 123 cm³/mol. The minimum atomic E-state index is -3.55. The summed E-state index contributed by atoms with van der Waals surface area (Å²) in [5.74, 6) is -0.277. The third kappa shape index (κ3) is 6.78. The minimum absolute atomic E-state index is 0.123. The van der Waals surface area contributed by atoms with Gasteiger partial charge < -0.3 is 5.32 Å². The molecule has 10 heteroatoms. The summed E-state index contributed by atoms with van der Waals surface area (Å²) >= 11 is 0. The molecule has 0 fully saturated rings. The molecule has 0 heterocycles. The molecule has 0 saturated carbocycles. The fourth-order valence-electron chi connectivity index (χ4n) is 3.11. The summed E-state index contributed by atoms with van der Waals surface area (Å²) in [5.41, 5.74) is 1.03. The summed E-state index contributed by atoms with van der Waals surface area (Å²) < 4.78 is 51.8. The van der Waals surface area contributed by atoms with Gasteiger partial charge in [0.05, 0.1) is 16.8 Å². The molecule has 2 aromatic rings. The van der Waals surface area contributed by atoms with Gasteiger partial charge in [0.15, 0.2) is 0 Å². The monoisotopic (exact) mass is 467 g/mol. The highest BCUT2D eigenvalue weighted by molar-refractivity contribution is 7.92. The van der Waals surface area contributed by atoms with Gasteiger partial charge >= 0.3 is 0 Å². The van der Waals surface area contributed by atoms with Crippen molar-refractivity contribution >= 4 is 37.3 Å². The van der Waals surface area contributed by atoms with Crippen LogP contribution in [0, 0.1) is 0 Å². The van der Waals surface area contributed by atoms with Gasteiger partial charge in [-0.15, -0.1) is 0 Å². The van der Waals surface area contributed by atoms with Crippen molar-refractivity contribution in [2.75, 3.05) is 35.5 Å². The number of nitrogens with one attached hydrogen (secondary N) is 1. The number of hydrogen-bond donors (Lipinski definition) is 1. The Kier molecular flexibility index (Phi) is 8.60. The third-order valence-corrected chi connectivity index (χ3v) is 7.95. The van der Waals surface area contributed by atoms with Gasteiger partial charge in [-0.1, -0.05) is 32.0 Å². The molecule has 0 aliphatic carbocycles. The molecule has 0 unspecified atom stereocenters. The molecule has 0 aliphatic rings. The van der Waals surface area contributed by atoms with E-state index in [9.17, 15) is 21.6 Å². The number of amides is 1. The van der Waals surface area contributed by atoms with E-state index in [0.29, 0.717) is 30.9 Å². The van der Waals surface area contributed by atoms with Gasteiger partial charge in [-0.25, -0.2) is 16.8 Å². The van der Waals surface area contributed by atoms with Crippen molar-refractivity contribution in [3.05, 3.63) is 54.6 Å². The Bertz CT molecular complexity index is 1070. The van der Waals surface area contributed by atoms with Crippen LogP contribution in [-0.4, -0.2) is 52.9 Å². The molecule has 170 valence electrons. The fourth-order valence-corrected chi connectivity index (χ4v) is 5.53. The molecule has 8 nitrogen and oxygen atoms in total. The molecule has 0 bridgehead atoms. The maximum absolute atomic E-state index is 12.5. The number of sulfonamides is 2. The van der Waals surface area contributed by atoms with Gasteiger partial charge in [0.2, 0.25) is 26.0 Å². The highest BCUT2D eigenvalue weighted by Gasteiger charge is 2.21. The molecule has 2 aromatic carbocycles. The van der Waals surface area contributed by atoms with Gasteiger partial charge in [0.1, 0.15) is 0 Å². The Balaban J connectivity index is 1.95. The second-order valence-electron chi connectivity index (χ2n) is 6.94. The predicted octanol–water partition coefficient (Wildman–Crippen LogP) is 2.90. The number of anilines is 2. The quantitative estimate of drug-likeness (QED) is 0.547. The average Bonchev–Trinajstić information content (AvgIpc) is 2.72. The van der Waals surface area contributed by atoms with E-state index in [0.717, 1.165) is 6.26 Å². The van der Waals surface area contributed by atoms with E-state index in [1.165, 1.54) is 20.7 Å². The number of rotatable bonds is 11. The lowest BCUT2D eigenvalue weighted by molar-refractivity contribution is -0.116. The van der Waals surface area contributed by atoms with Crippen molar-refractivity contribution in [1.29, 1.82) is 0 Å². The molecule has 1 N–H and O–H groups in total. The van der Waals surface area contributed by atoms with Gasteiger partial charge in [-0.3, -0.25) is 9.10 Å². The summed E-state index contributed by atoms with van der Waals surface area (Å²) in [7, 11) is -7.02. The second-order valence-corrected chi connectivity index (χ2v) is 10.8. The Morgan fingerprint density at radius 3 is 2.00 bits per heavy atom. The Labute approximate surface area is 185 Å². The van der Waals surface area contributed by atoms with Crippen LogP contribution in [0.2, 0.25) is 0 Å². The number of benzene rings is 2. The first-order chi connectivity index (χ1) is 14.6. The number of carbonyl (C=O) groups is 1. The molecule has 0 aliphatic heterocycles. The zero-order chi connectivity index (χ0) is 23.1. The molecule has 0 radical (unpaired) electrons. The molecule has 0 atom stereocenters. The Morgan fingerprint density at radius 1 is 0.903 bits per heavy atom. The second kappa shape index (κ2) is 10.7. The zero-order valence-electron chi connectivity index (χ0n) is 18.0. The van der Waals surface area contributed by atoms with Crippen LogP contribution in [0.3, 0.4) is 0 Å². The normalized spacial score (nSPS) is 12.0. The first kappa shape index (κ1) is 24.8. The van der Waals surface area contributed by atoms with Crippen molar-refractivity contribution in [1.82, 2.24) is 4.31 Å². The largest absolute Gasteiger partial charge is 0.326 e. The lowest BCUT2D eigenvalue weighted by atomic mass is 10.2. The van der Waals surface area contributed by atoms with E-state index in [1.54, 1.807) is 56.3 Å². The van der Waals surface area contributed by atoms with Crippen molar-refractivity contribution in [3.8, 4) is 0 Å². The summed E-state index contributed by atoms with van der Waals surface area (Å²) in [6.45, 7) is 4.49. The van der Waals surface area contributed by atoms with Crippen molar-refractivity contribution in [3.63, 3.8) is 0 Å². The van der Waals surface area contributed by atoms with Crippen LogP contribution in [0.5, 0.6) is 0 Å². The van der Waals surface area contributed by atoms with E-state index in [2.05, 4.69) is 5.32 Å². The van der Waals surface area contributed by atoms with E-state index in [1.807, 2.05) is 0 Å². The topological polar surface area (TPSA) is 104 Å². The van der Waals surface area contributed by atoms with Crippen LogP contribution >= 0.6 is 0 Å². The van der Waals surface area contributed by atoms with Crippen molar-refractivity contribution < 1.29 is 21.6 Å². The SMILES string of the molecule is CCN(CC)S(=O)(=O)c1ccc(NC(=O)CCCN(c2ccccc2)S(C)(=O)=O)cc1. The van der Waals surface area contributed by atoms with Crippen molar-refractivity contribution in [2.45, 2.75) is 31.6 Å². The van der Waals surface area contributed by atoms with E-state index < -0.39 is 20.0 Å². The van der Waals surface area contributed by atoms with Crippen LogP contribution in [0.15, 0.2) is 59.5 Å². The highest BCUT2D eigenvalue weighted by Crippen LogP contribution is 2.19. The van der Waals surface area contributed by atoms with Crippen LogP contribution < -0.4 is 9.62 Å². The van der Waals surface area contributed by atoms with Gasteiger partial charge in [0, 0.05) is 31.7 Å². The summed E-state index contributed by atoms with van der Waals surface area (Å²) in [4.78, 5) is 12.4. The summed E-state index contributed by atoms with van der Waals surface area (Å²) in [6.07, 6.45) is 1.59. The molecule has 31 heavy (non-hydrogen) atoms. The van der Waals surface area contributed by atoms with Gasteiger partial charge in [-0.05, 0) is 42.8 Å². The van der Waals surface area contributed by atoms with Crippen LogP contribution in [0.25, 0.3) is 0 Å². The molecular weight excluding hydrogens is 438 g/mol. The zero-order valence-corrected chi connectivity index (χ0v) is 19.6. The molecule has 0 aromatic heterocycles. The minimum Gasteiger partial charge on any atom is -0.326 e. The van der Waals surface area contributed by atoms with Crippen LogP contribution in [0.1, 0.15) is 26.7 Å². The van der Waals surface area contributed by atoms with E-state index in [4.69, 9.17) is 0 Å². The van der Waals surface area contributed by atoms with E-state index >= 15 is 0 Å². The fraction of sp³-hybridized carbons (Fsp3) is 0.381. The molecule has 1 amide bonds. The smallest absolute Gasteiger partial charge is 0.243 e. The lowest BCUT2D eigenvalue weighted by Crippen LogP contribution is -2.31. The maximum Gasteiger partial charge on any atom is 0.243 e. The number of nitrogens with zero attached hydrogens (tertiary/aromatic N) is 2. The maximum atomic E-state index is 12.5. The van der Waals surface area contributed by atoms with Crippen molar-refractivity contribution in [2.24, 2.45) is 0 Å². The molecular formula is C21H29N3O5S2. The van der Waals surface area contributed by atoms with Crippen LogP contribution in [0.4, 0.5) is 11.4 Å². The van der Waals surface area contributed by atoms with Gasteiger partial charge in [0.25, 0.3) is 0 Å². The number of hydrogen-bond acceptors (Lipinski definition) is 5. The first-order valence-corrected chi connectivity index (χ1v) is 13.3. The molecule has 0 spiro atoms. The Hall–Kier alpha value is -2.43. The number of para-hydroxylation sites is 1. The summed E-state index contributed by atoms with van der Waals surface area (Å²) in [5, 5.41) is 2.71. The first-order valence-electron chi connectivity index (χ1n) is 10.0. The molecule has 2 rings (SSSR count). The van der Waals surface area contributed by atoms with Crippen LogP contribution in [-0.2, 0) is 24.8 Å². The number of carbonyl (C=O) groups excluding carboxylic acids is 1. The summed E-state index contributed by atoms with van der Waals surface area (Å²) in [6, 6.07) is 14.7. The Morgan fingerprint density at radius 2 is 1.48 bits per heavy atom. The average molecular weight is 468 g/mol. The third-order valence-electron chi connectivity index (χ3n) is 4.69. The lowest BCUT2D eigenvalue weighted by Gasteiger charge is -2.22. The standard InChI is InChI=1S/C21H29N3O5S2/c1-4-23(5-2)31(28,29)20-15-13-18(14-16-20)22-21(25)12-9-17-24(30(3,26)27)19-10-7-6-8-11-19/h6-8,10-11,13-16H,4-5,9,12,17H2,1-3H3,(H,22,25). The highest BCUT2D eigenvalue weighted by atomic mass is 32.2. The van der Waals surface area contributed by atoms with E-state index in [-0.39, 0.29) is 23.8 Å².